The number of nitrogens with zero attached hydrogens (tertiary/aromatic N) is 1. The maximum absolute atomic E-state index is 11.5. The summed E-state index contributed by atoms with van der Waals surface area (Å²) in [6.07, 6.45) is 1.37. The molecule has 7 heteroatoms. The topological polar surface area (TPSA) is 74.5 Å². The fourth-order valence-corrected chi connectivity index (χ4v) is 1.51. The van der Waals surface area contributed by atoms with Gasteiger partial charge in [0, 0.05) is 18.8 Å². The SMILES string of the molecule is CNC(=O)c1cccc(O/C(C)=C(Br)/C=N\C(=N)Cl)c1. The van der Waals surface area contributed by atoms with Crippen LogP contribution in [0.4, 0.5) is 0 Å². The zero-order valence-corrected chi connectivity index (χ0v) is 13.2. The highest BCUT2D eigenvalue weighted by Gasteiger charge is 2.06. The van der Waals surface area contributed by atoms with Gasteiger partial charge in [0.15, 0.2) is 0 Å². The predicted octanol–water partition coefficient (Wildman–Crippen LogP) is 3.30. The molecular weight excluding hydrogens is 346 g/mol. The van der Waals surface area contributed by atoms with Crippen molar-refractivity contribution in [2.24, 2.45) is 4.99 Å². The van der Waals surface area contributed by atoms with E-state index in [1.807, 2.05) is 0 Å². The molecule has 1 aromatic carbocycles. The molecule has 0 aromatic heterocycles. The van der Waals surface area contributed by atoms with Crippen LogP contribution >= 0.6 is 27.5 Å². The Balaban J connectivity index is 2.90. The van der Waals surface area contributed by atoms with Gasteiger partial charge in [-0.25, -0.2) is 4.99 Å². The highest BCUT2D eigenvalue weighted by atomic mass is 79.9. The number of hydrogen-bond acceptors (Lipinski definition) is 3. The number of ether oxygens (including phenoxy) is 1. The lowest BCUT2D eigenvalue weighted by molar-refractivity contribution is 0.0962. The molecule has 20 heavy (non-hydrogen) atoms. The zero-order valence-electron chi connectivity index (χ0n) is 10.9. The van der Waals surface area contributed by atoms with Crippen molar-refractivity contribution < 1.29 is 9.53 Å². The fourth-order valence-electron chi connectivity index (χ4n) is 1.27. The van der Waals surface area contributed by atoms with Gasteiger partial charge in [0.2, 0.25) is 5.29 Å². The molecule has 0 saturated heterocycles. The molecule has 0 saturated carbocycles. The first-order valence-corrected chi connectivity index (χ1v) is 6.75. The first kappa shape index (κ1) is 16.4. The van der Waals surface area contributed by atoms with Crippen molar-refractivity contribution in [2.45, 2.75) is 6.92 Å². The van der Waals surface area contributed by atoms with E-state index in [2.05, 4.69) is 26.2 Å². The molecule has 1 rings (SSSR count). The van der Waals surface area contributed by atoms with Crippen molar-refractivity contribution in [1.82, 2.24) is 5.32 Å². The number of halogens is 2. The number of nitrogens with one attached hydrogen (secondary N) is 2. The lowest BCUT2D eigenvalue weighted by atomic mass is 10.2. The van der Waals surface area contributed by atoms with Gasteiger partial charge in [-0.1, -0.05) is 6.07 Å². The molecule has 0 aliphatic heterocycles. The molecule has 0 radical (unpaired) electrons. The summed E-state index contributed by atoms with van der Waals surface area (Å²) in [5.74, 6) is 0.865. The van der Waals surface area contributed by atoms with Crippen LogP contribution in [0.2, 0.25) is 0 Å². The quantitative estimate of drug-likeness (QED) is 0.375. The summed E-state index contributed by atoms with van der Waals surface area (Å²) in [5.41, 5.74) is 0.505. The van der Waals surface area contributed by atoms with Crippen LogP contribution in [-0.4, -0.2) is 24.5 Å². The minimum atomic E-state index is -0.323. The molecule has 0 unspecified atom stereocenters. The Kier molecular flexibility index (Phi) is 6.41. The van der Waals surface area contributed by atoms with Crippen LogP contribution in [0.25, 0.3) is 0 Å². The van der Waals surface area contributed by atoms with E-state index in [-0.39, 0.29) is 11.2 Å². The Hall–Kier alpha value is -1.66. The van der Waals surface area contributed by atoms with Crippen molar-refractivity contribution in [3.8, 4) is 5.75 Å². The Labute approximate surface area is 130 Å². The largest absolute Gasteiger partial charge is 0.461 e. The van der Waals surface area contributed by atoms with E-state index in [0.717, 1.165) is 0 Å². The Morgan fingerprint density at radius 2 is 2.25 bits per heavy atom. The highest BCUT2D eigenvalue weighted by Crippen LogP contribution is 2.19. The number of allylic oxidation sites excluding steroid dienone is 2. The lowest BCUT2D eigenvalue weighted by Gasteiger charge is -2.08. The van der Waals surface area contributed by atoms with Crippen molar-refractivity contribution in [3.05, 3.63) is 40.1 Å². The highest BCUT2D eigenvalue weighted by molar-refractivity contribution is 9.12. The molecule has 1 amide bonds. The predicted molar refractivity (Wildman–Crippen MR) is 84.2 cm³/mol. The van der Waals surface area contributed by atoms with Crippen LogP contribution in [0.15, 0.2) is 39.5 Å². The van der Waals surface area contributed by atoms with Crippen LogP contribution in [0, 0.1) is 5.41 Å². The Bertz CT molecular complexity index is 585. The molecule has 0 fully saturated rings. The van der Waals surface area contributed by atoms with Crippen molar-refractivity contribution in [3.63, 3.8) is 0 Å². The van der Waals surface area contributed by atoms with Crippen molar-refractivity contribution in [2.75, 3.05) is 7.05 Å². The van der Waals surface area contributed by atoms with E-state index < -0.39 is 0 Å². The van der Waals surface area contributed by atoms with Gasteiger partial charge in [-0.15, -0.1) is 0 Å². The first-order chi connectivity index (χ1) is 9.43. The molecule has 1 aromatic rings. The second kappa shape index (κ2) is 7.81. The van der Waals surface area contributed by atoms with Crippen LogP contribution in [-0.2, 0) is 0 Å². The number of carbonyl (C=O) groups excluding carboxylic acids is 1. The van der Waals surface area contributed by atoms with Crippen LogP contribution in [0.3, 0.4) is 0 Å². The summed E-state index contributed by atoms with van der Waals surface area (Å²) >= 11 is 8.58. The molecule has 0 aliphatic rings. The maximum Gasteiger partial charge on any atom is 0.251 e. The fraction of sp³-hybridized carbons (Fsp3) is 0.154. The third-order valence-corrected chi connectivity index (χ3v) is 3.08. The molecule has 106 valence electrons. The number of amides is 1. The third-order valence-electron chi connectivity index (χ3n) is 2.22. The van der Waals surface area contributed by atoms with Gasteiger partial charge in [0.1, 0.15) is 11.5 Å². The van der Waals surface area contributed by atoms with Gasteiger partial charge in [-0.3, -0.25) is 10.2 Å². The molecule has 0 bridgehead atoms. The minimum Gasteiger partial charge on any atom is -0.461 e. The lowest BCUT2D eigenvalue weighted by Crippen LogP contribution is -2.17. The van der Waals surface area contributed by atoms with Crippen LogP contribution < -0.4 is 10.1 Å². The van der Waals surface area contributed by atoms with Gasteiger partial charge in [-0.05, 0) is 52.7 Å². The number of hydrogen-bond donors (Lipinski definition) is 2. The van der Waals surface area contributed by atoms with E-state index in [9.17, 15) is 4.79 Å². The molecule has 5 nitrogen and oxygen atoms in total. The Morgan fingerprint density at radius 1 is 1.55 bits per heavy atom. The summed E-state index contributed by atoms with van der Waals surface area (Å²) < 4.78 is 6.14. The normalized spacial score (nSPS) is 12.0. The standard InChI is InChI=1S/C13H13BrClN3O2/c1-8(11(14)7-18-13(15)16)20-10-5-3-4-9(6-10)12(19)17-2/h3-7,16H,1-2H3,(H,17,19)/b11-8-,16-13?,18-7-. The van der Waals surface area contributed by atoms with E-state index in [1.165, 1.54) is 6.21 Å². The average Bonchev–Trinajstić information content (AvgIpc) is 2.43. The van der Waals surface area contributed by atoms with Gasteiger partial charge in [0.25, 0.3) is 5.91 Å². The van der Waals surface area contributed by atoms with Crippen molar-refractivity contribution >= 4 is 44.9 Å². The summed E-state index contributed by atoms with van der Waals surface area (Å²) in [7, 11) is 1.56. The second-order valence-corrected chi connectivity index (χ2v) is 4.87. The summed E-state index contributed by atoms with van der Waals surface area (Å²) in [4.78, 5) is 15.1. The van der Waals surface area contributed by atoms with Gasteiger partial charge in [0.05, 0.1) is 4.48 Å². The Morgan fingerprint density at radius 3 is 2.85 bits per heavy atom. The molecule has 0 spiro atoms. The number of benzene rings is 1. The monoisotopic (exact) mass is 357 g/mol. The van der Waals surface area contributed by atoms with Gasteiger partial charge in [-0.2, -0.15) is 0 Å². The number of carbonyl (C=O) groups is 1. The maximum atomic E-state index is 11.5. The van der Waals surface area contributed by atoms with E-state index >= 15 is 0 Å². The number of amidine groups is 1. The zero-order chi connectivity index (χ0) is 15.1. The minimum absolute atomic E-state index is 0.187. The van der Waals surface area contributed by atoms with E-state index in [4.69, 9.17) is 21.7 Å². The molecule has 2 N–H and O–H groups in total. The van der Waals surface area contributed by atoms with Gasteiger partial charge >= 0.3 is 0 Å². The molecule has 0 heterocycles. The van der Waals surface area contributed by atoms with Crippen LogP contribution in [0.1, 0.15) is 17.3 Å². The summed E-state index contributed by atoms with van der Waals surface area (Å²) in [6, 6.07) is 6.78. The number of rotatable bonds is 4. The van der Waals surface area contributed by atoms with Crippen molar-refractivity contribution in [1.29, 1.82) is 5.41 Å². The average molecular weight is 359 g/mol. The molecule has 0 atom stereocenters. The van der Waals surface area contributed by atoms with E-state index in [1.54, 1.807) is 38.2 Å². The molecule has 0 aliphatic carbocycles. The van der Waals surface area contributed by atoms with E-state index in [0.29, 0.717) is 21.6 Å². The van der Waals surface area contributed by atoms with Gasteiger partial charge < -0.3 is 10.1 Å². The smallest absolute Gasteiger partial charge is 0.251 e. The third kappa shape index (κ3) is 5.14. The van der Waals surface area contributed by atoms with Crippen LogP contribution in [0.5, 0.6) is 5.75 Å². The first-order valence-electron chi connectivity index (χ1n) is 5.58. The molecular formula is C13H13BrClN3O2. The summed E-state index contributed by atoms with van der Waals surface area (Å²) in [6.45, 7) is 1.72. The second-order valence-electron chi connectivity index (χ2n) is 3.66. The summed E-state index contributed by atoms with van der Waals surface area (Å²) in [5, 5.41) is 9.20. The number of aliphatic imine (C=N–C) groups is 1.